The first-order valence-electron chi connectivity index (χ1n) is 9.98. The molecule has 2 aliphatic heterocycles. The summed E-state index contributed by atoms with van der Waals surface area (Å²) in [4.78, 5) is 22.2. The normalized spacial score (nSPS) is 20.1. The minimum atomic E-state index is -0.611. The molecule has 0 saturated carbocycles. The van der Waals surface area contributed by atoms with E-state index in [2.05, 4.69) is 27.2 Å². The summed E-state index contributed by atoms with van der Waals surface area (Å²) < 4.78 is 5.31. The highest BCUT2D eigenvalue weighted by molar-refractivity contribution is 6.09. The van der Waals surface area contributed by atoms with Crippen LogP contribution >= 0.6 is 0 Å². The number of hydrogen-bond donors (Lipinski definition) is 0. The molecular formula is C23H21N5O2. The average molecular weight is 399 g/mol. The predicted octanol–water partition coefficient (Wildman–Crippen LogP) is 3.25. The molecule has 3 aromatic rings. The Kier molecular flexibility index (Phi) is 4.10. The quantitative estimate of drug-likeness (QED) is 0.672. The highest BCUT2D eigenvalue weighted by Gasteiger charge is 2.54. The van der Waals surface area contributed by atoms with Crippen LogP contribution in [0.1, 0.15) is 34.6 Å². The number of nitriles is 1. The van der Waals surface area contributed by atoms with Crippen LogP contribution in [0.4, 0.5) is 11.5 Å². The molecule has 0 N–H and O–H groups in total. The molecule has 2 aliphatic rings. The minimum Gasteiger partial charge on any atom is -0.361 e. The largest absolute Gasteiger partial charge is 0.361 e. The lowest BCUT2D eigenvalue weighted by molar-refractivity contribution is -0.122. The van der Waals surface area contributed by atoms with Crippen LogP contribution in [0.25, 0.3) is 0 Å². The number of fused-ring (bicyclic) bond motifs is 2. The number of carbonyl (C=O) groups is 1. The van der Waals surface area contributed by atoms with Crippen molar-refractivity contribution in [3.63, 3.8) is 0 Å². The zero-order chi connectivity index (χ0) is 20.9. The third-order valence-corrected chi connectivity index (χ3v) is 6.33. The number of hydrogen-bond acceptors (Lipinski definition) is 6. The van der Waals surface area contributed by atoms with E-state index >= 15 is 0 Å². The second-order valence-electron chi connectivity index (χ2n) is 7.98. The number of anilines is 2. The van der Waals surface area contributed by atoms with Crippen molar-refractivity contribution in [1.82, 2.24) is 10.1 Å². The molecule has 30 heavy (non-hydrogen) atoms. The minimum absolute atomic E-state index is 0.0997. The van der Waals surface area contributed by atoms with Crippen molar-refractivity contribution in [1.29, 1.82) is 5.26 Å². The summed E-state index contributed by atoms with van der Waals surface area (Å²) in [5, 5.41) is 13.3. The molecule has 1 amide bonds. The third-order valence-electron chi connectivity index (χ3n) is 6.33. The number of carbonyl (C=O) groups excluding carboxylic acids is 1. The van der Waals surface area contributed by atoms with Gasteiger partial charge in [-0.15, -0.1) is 0 Å². The molecule has 0 radical (unpaired) electrons. The van der Waals surface area contributed by atoms with Crippen molar-refractivity contribution in [3.8, 4) is 6.07 Å². The highest BCUT2D eigenvalue weighted by atomic mass is 16.5. The predicted molar refractivity (Wildman–Crippen MR) is 111 cm³/mol. The Bertz CT molecular complexity index is 1170. The van der Waals surface area contributed by atoms with E-state index in [1.54, 1.807) is 18.3 Å². The first-order valence-corrected chi connectivity index (χ1v) is 9.98. The standard InChI is InChI=1S/C23H21N5O2/c1-15-18(16(2)30-26-15)13-28-20-6-4-3-5-19(20)23(22(28)29)8-10-27(14-23)21-11-17(12-24)7-9-25-21/h3-7,9,11H,8,10,13-14H2,1-2H3. The number of nitrogens with zero attached hydrogens (tertiary/aromatic N) is 5. The third kappa shape index (κ3) is 2.61. The van der Waals surface area contributed by atoms with Crippen LogP contribution in [0, 0.1) is 25.2 Å². The van der Waals surface area contributed by atoms with Gasteiger partial charge in [-0.3, -0.25) is 4.79 Å². The van der Waals surface area contributed by atoms with Gasteiger partial charge < -0.3 is 14.3 Å². The molecule has 1 unspecified atom stereocenters. The van der Waals surface area contributed by atoms with Crippen LogP contribution in [-0.4, -0.2) is 29.1 Å². The van der Waals surface area contributed by atoms with Crippen molar-refractivity contribution < 1.29 is 9.32 Å². The van der Waals surface area contributed by atoms with E-state index < -0.39 is 5.41 Å². The SMILES string of the molecule is Cc1noc(C)c1CN1C(=O)C2(CCN(c3cc(C#N)ccn3)C2)c2ccccc21. The summed E-state index contributed by atoms with van der Waals surface area (Å²) in [6.45, 7) is 5.48. The molecule has 5 rings (SSSR count). The fourth-order valence-electron chi connectivity index (χ4n) is 4.70. The summed E-state index contributed by atoms with van der Waals surface area (Å²) >= 11 is 0. The van der Waals surface area contributed by atoms with Crippen molar-refractivity contribution in [3.05, 3.63) is 70.7 Å². The molecule has 1 spiro atoms. The van der Waals surface area contributed by atoms with Gasteiger partial charge >= 0.3 is 0 Å². The van der Waals surface area contributed by atoms with Gasteiger partial charge in [0.05, 0.1) is 29.3 Å². The second-order valence-corrected chi connectivity index (χ2v) is 7.98. The fraction of sp³-hybridized carbons (Fsp3) is 0.304. The lowest BCUT2D eigenvalue weighted by Crippen LogP contribution is -2.42. The van der Waals surface area contributed by atoms with E-state index in [9.17, 15) is 10.1 Å². The maximum absolute atomic E-state index is 13.8. The molecule has 1 saturated heterocycles. The molecule has 0 aliphatic carbocycles. The van der Waals surface area contributed by atoms with Crippen molar-refractivity contribution in [2.75, 3.05) is 22.9 Å². The lowest BCUT2D eigenvalue weighted by atomic mass is 9.81. The van der Waals surface area contributed by atoms with Gasteiger partial charge in [0.1, 0.15) is 11.6 Å². The van der Waals surface area contributed by atoms with Crippen LogP contribution in [0.2, 0.25) is 0 Å². The Morgan fingerprint density at radius 1 is 1.27 bits per heavy atom. The van der Waals surface area contributed by atoms with Gasteiger partial charge in [-0.1, -0.05) is 23.4 Å². The second kappa shape index (κ2) is 6.70. The van der Waals surface area contributed by atoms with E-state index in [1.807, 2.05) is 36.9 Å². The van der Waals surface area contributed by atoms with Gasteiger partial charge in [-0.2, -0.15) is 5.26 Å². The molecule has 4 heterocycles. The summed E-state index contributed by atoms with van der Waals surface area (Å²) in [6.07, 6.45) is 2.35. The van der Waals surface area contributed by atoms with Gasteiger partial charge in [0.15, 0.2) is 0 Å². The van der Waals surface area contributed by atoms with Gasteiger partial charge in [0, 0.05) is 30.5 Å². The van der Waals surface area contributed by atoms with Crippen LogP contribution in [0.15, 0.2) is 47.1 Å². The molecule has 1 atom stereocenters. The smallest absolute Gasteiger partial charge is 0.239 e. The van der Waals surface area contributed by atoms with Crippen LogP contribution in [0.3, 0.4) is 0 Å². The van der Waals surface area contributed by atoms with E-state index in [0.29, 0.717) is 31.6 Å². The summed E-state index contributed by atoms with van der Waals surface area (Å²) in [5.74, 6) is 1.58. The van der Waals surface area contributed by atoms with Crippen molar-refractivity contribution >= 4 is 17.4 Å². The Morgan fingerprint density at radius 2 is 2.10 bits per heavy atom. The fourth-order valence-corrected chi connectivity index (χ4v) is 4.70. The van der Waals surface area contributed by atoms with Crippen LogP contribution in [-0.2, 0) is 16.8 Å². The van der Waals surface area contributed by atoms with Gasteiger partial charge in [-0.05, 0) is 44.0 Å². The summed E-state index contributed by atoms with van der Waals surface area (Å²) in [6, 6.07) is 13.7. The topological polar surface area (TPSA) is 86.3 Å². The molecule has 7 heteroatoms. The molecule has 2 aromatic heterocycles. The van der Waals surface area contributed by atoms with Crippen molar-refractivity contribution in [2.45, 2.75) is 32.2 Å². The number of aryl methyl sites for hydroxylation is 2. The van der Waals surface area contributed by atoms with E-state index in [1.165, 1.54) is 0 Å². The number of aromatic nitrogens is 2. The number of benzene rings is 1. The number of rotatable bonds is 3. The van der Waals surface area contributed by atoms with Crippen LogP contribution in [0.5, 0.6) is 0 Å². The molecular weight excluding hydrogens is 378 g/mol. The van der Waals surface area contributed by atoms with Gasteiger partial charge in [-0.25, -0.2) is 4.98 Å². The Labute approximate surface area is 174 Å². The first kappa shape index (κ1) is 18.4. The summed E-state index contributed by atoms with van der Waals surface area (Å²) in [5.41, 5.74) is 3.72. The molecule has 7 nitrogen and oxygen atoms in total. The summed E-state index contributed by atoms with van der Waals surface area (Å²) in [7, 11) is 0. The molecule has 150 valence electrons. The zero-order valence-electron chi connectivity index (χ0n) is 16.9. The Balaban J connectivity index is 1.52. The Morgan fingerprint density at radius 3 is 2.87 bits per heavy atom. The maximum atomic E-state index is 13.8. The highest BCUT2D eigenvalue weighted by Crippen LogP contribution is 2.48. The van der Waals surface area contributed by atoms with E-state index in [0.717, 1.165) is 34.1 Å². The maximum Gasteiger partial charge on any atom is 0.239 e. The molecule has 1 aromatic carbocycles. The van der Waals surface area contributed by atoms with E-state index in [4.69, 9.17) is 4.52 Å². The van der Waals surface area contributed by atoms with Gasteiger partial charge in [0.2, 0.25) is 5.91 Å². The molecule has 0 bridgehead atoms. The Hall–Kier alpha value is -3.66. The van der Waals surface area contributed by atoms with Crippen molar-refractivity contribution in [2.24, 2.45) is 0 Å². The number of pyridine rings is 1. The van der Waals surface area contributed by atoms with Gasteiger partial charge in [0.25, 0.3) is 0 Å². The lowest BCUT2D eigenvalue weighted by Gasteiger charge is -2.25. The first-order chi connectivity index (χ1) is 14.5. The number of para-hydroxylation sites is 1. The zero-order valence-corrected chi connectivity index (χ0v) is 16.9. The number of amides is 1. The van der Waals surface area contributed by atoms with E-state index in [-0.39, 0.29) is 5.91 Å². The monoisotopic (exact) mass is 399 g/mol. The molecule has 1 fully saturated rings. The van der Waals surface area contributed by atoms with Crippen LogP contribution < -0.4 is 9.80 Å². The average Bonchev–Trinajstić information content (AvgIpc) is 3.42.